The van der Waals surface area contributed by atoms with E-state index in [2.05, 4.69) is 5.10 Å². The van der Waals surface area contributed by atoms with E-state index in [1.165, 1.54) is 11.0 Å². The maximum absolute atomic E-state index is 13.5. The van der Waals surface area contributed by atoms with Gasteiger partial charge in [-0.15, -0.1) is 0 Å². The smallest absolute Gasteiger partial charge is 0.276 e. The van der Waals surface area contributed by atoms with Crippen LogP contribution in [0.4, 0.5) is 14.5 Å². The number of para-hydroxylation sites is 1. The zero-order valence-corrected chi connectivity index (χ0v) is 13.7. The van der Waals surface area contributed by atoms with Gasteiger partial charge in [-0.25, -0.2) is 8.78 Å². The summed E-state index contributed by atoms with van der Waals surface area (Å²) in [6, 6.07) is 14.4. The van der Waals surface area contributed by atoms with Crippen LogP contribution in [-0.4, -0.2) is 22.2 Å². The van der Waals surface area contributed by atoms with Gasteiger partial charge in [-0.3, -0.25) is 9.48 Å². The first-order valence-corrected chi connectivity index (χ1v) is 8.13. The predicted octanol–water partition coefficient (Wildman–Crippen LogP) is 3.40. The topological polar surface area (TPSA) is 47.4 Å². The summed E-state index contributed by atoms with van der Waals surface area (Å²) in [6.07, 6.45) is 0. The van der Waals surface area contributed by atoms with Crippen molar-refractivity contribution < 1.29 is 18.3 Å². The summed E-state index contributed by atoms with van der Waals surface area (Å²) in [6.45, 7) is 1.03. The second-order valence-corrected chi connectivity index (χ2v) is 5.90. The lowest BCUT2D eigenvalue weighted by molar-refractivity contribution is 0.0962. The highest BCUT2D eigenvalue weighted by atomic mass is 19.2. The number of amides is 1. The van der Waals surface area contributed by atoms with E-state index in [1.54, 1.807) is 10.7 Å². The molecule has 1 amide bonds. The molecule has 0 fully saturated rings. The van der Waals surface area contributed by atoms with Crippen molar-refractivity contribution in [1.29, 1.82) is 0 Å². The van der Waals surface area contributed by atoms with Crippen LogP contribution in [0.3, 0.4) is 0 Å². The zero-order chi connectivity index (χ0) is 18.1. The van der Waals surface area contributed by atoms with Gasteiger partial charge in [-0.2, -0.15) is 5.10 Å². The first-order valence-electron chi connectivity index (χ1n) is 8.13. The molecule has 0 spiro atoms. The minimum atomic E-state index is -0.980. The second-order valence-electron chi connectivity index (χ2n) is 5.90. The number of hydrogen-bond acceptors (Lipinski definition) is 3. The third-order valence-electron chi connectivity index (χ3n) is 4.18. The van der Waals surface area contributed by atoms with Gasteiger partial charge in [0.15, 0.2) is 11.6 Å². The summed E-state index contributed by atoms with van der Waals surface area (Å²) < 4.78 is 33.9. The van der Waals surface area contributed by atoms with Crippen molar-refractivity contribution in [2.75, 3.05) is 11.4 Å². The molecule has 0 N–H and O–H groups in total. The van der Waals surface area contributed by atoms with Gasteiger partial charge in [0.05, 0.1) is 6.54 Å². The Labute approximate surface area is 148 Å². The van der Waals surface area contributed by atoms with Crippen LogP contribution >= 0.6 is 0 Å². The fraction of sp³-hybridized carbons (Fsp3) is 0.158. The summed E-state index contributed by atoms with van der Waals surface area (Å²) in [5.74, 6) is -1.51. The summed E-state index contributed by atoms with van der Waals surface area (Å²) in [5.41, 5.74) is 1.35. The van der Waals surface area contributed by atoms with Gasteiger partial charge in [0.2, 0.25) is 0 Å². The van der Waals surface area contributed by atoms with Crippen LogP contribution in [0.2, 0.25) is 0 Å². The summed E-state index contributed by atoms with van der Waals surface area (Å²) in [7, 11) is 0. The molecular formula is C19H15F2N3O2. The minimum Gasteiger partial charge on any atom is -0.487 e. The van der Waals surface area contributed by atoms with E-state index in [0.29, 0.717) is 35.9 Å². The molecule has 0 unspecified atom stereocenters. The number of ether oxygens (including phenoxy) is 1. The largest absolute Gasteiger partial charge is 0.487 e. The minimum absolute atomic E-state index is 0.239. The predicted molar refractivity (Wildman–Crippen MR) is 91.0 cm³/mol. The van der Waals surface area contributed by atoms with E-state index in [-0.39, 0.29) is 12.5 Å². The number of nitrogens with zero attached hydrogens (tertiary/aromatic N) is 3. The highest BCUT2D eigenvalue weighted by Crippen LogP contribution is 2.23. The Balaban J connectivity index is 1.53. The lowest BCUT2D eigenvalue weighted by Gasteiger charge is -2.27. The number of carbonyl (C=O) groups is 1. The number of aromatic nitrogens is 2. The van der Waals surface area contributed by atoms with Crippen LogP contribution in [0, 0.1) is 11.6 Å². The molecule has 0 radical (unpaired) electrons. The molecule has 0 aliphatic carbocycles. The van der Waals surface area contributed by atoms with Crippen molar-refractivity contribution in [3.05, 3.63) is 77.6 Å². The first-order chi connectivity index (χ1) is 12.6. The highest BCUT2D eigenvalue weighted by molar-refractivity contribution is 6.05. The molecule has 4 rings (SSSR count). The Kier molecular flexibility index (Phi) is 4.12. The van der Waals surface area contributed by atoms with Gasteiger partial charge in [-0.05, 0) is 30.3 Å². The number of rotatable bonds is 4. The summed E-state index contributed by atoms with van der Waals surface area (Å²) in [4.78, 5) is 14.1. The van der Waals surface area contributed by atoms with Crippen molar-refractivity contribution in [3.8, 4) is 5.75 Å². The van der Waals surface area contributed by atoms with Crippen molar-refractivity contribution in [3.63, 3.8) is 0 Å². The van der Waals surface area contributed by atoms with Gasteiger partial charge in [0.1, 0.15) is 23.7 Å². The highest BCUT2D eigenvalue weighted by Gasteiger charge is 2.28. The molecule has 0 atom stereocenters. The Morgan fingerprint density at radius 2 is 1.81 bits per heavy atom. The van der Waals surface area contributed by atoms with Gasteiger partial charge in [0, 0.05) is 18.3 Å². The third kappa shape index (κ3) is 3.03. The zero-order valence-electron chi connectivity index (χ0n) is 13.7. The maximum atomic E-state index is 13.5. The molecule has 0 bridgehead atoms. The molecule has 132 valence electrons. The lowest BCUT2D eigenvalue weighted by atomic mass is 10.2. The van der Waals surface area contributed by atoms with Crippen molar-refractivity contribution in [1.82, 2.24) is 9.78 Å². The normalized spacial score (nSPS) is 13.6. The quantitative estimate of drug-likeness (QED) is 0.721. The number of hydrogen-bond donors (Lipinski definition) is 0. The van der Waals surface area contributed by atoms with E-state index in [9.17, 15) is 13.6 Å². The SMILES string of the molecule is O=C1c2cc(COc3ccccc3)nn2CCN1c1ccc(F)c(F)c1. The van der Waals surface area contributed by atoms with E-state index in [1.807, 2.05) is 30.3 Å². The number of fused-ring (bicyclic) bond motifs is 1. The monoisotopic (exact) mass is 355 g/mol. The fourth-order valence-electron chi connectivity index (χ4n) is 2.89. The van der Waals surface area contributed by atoms with Crippen LogP contribution in [0.15, 0.2) is 54.6 Å². The molecule has 7 heteroatoms. The van der Waals surface area contributed by atoms with E-state index in [0.717, 1.165) is 12.1 Å². The first kappa shape index (κ1) is 16.3. The number of benzene rings is 2. The van der Waals surface area contributed by atoms with Crippen LogP contribution in [-0.2, 0) is 13.2 Å². The van der Waals surface area contributed by atoms with E-state index in [4.69, 9.17) is 4.74 Å². The molecule has 1 aliphatic rings. The molecule has 26 heavy (non-hydrogen) atoms. The molecule has 0 saturated carbocycles. The number of halogens is 2. The lowest BCUT2D eigenvalue weighted by Crippen LogP contribution is -2.40. The van der Waals surface area contributed by atoms with Crippen LogP contribution in [0.1, 0.15) is 16.2 Å². The molecule has 2 aromatic carbocycles. The maximum Gasteiger partial charge on any atom is 0.276 e. The van der Waals surface area contributed by atoms with Crippen molar-refractivity contribution >= 4 is 11.6 Å². The molecule has 1 aliphatic heterocycles. The summed E-state index contributed by atoms with van der Waals surface area (Å²) in [5, 5.41) is 4.39. The third-order valence-corrected chi connectivity index (χ3v) is 4.18. The van der Waals surface area contributed by atoms with E-state index < -0.39 is 11.6 Å². The Hall–Kier alpha value is -3.22. The fourth-order valence-corrected chi connectivity index (χ4v) is 2.89. The molecular weight excluding hydrogens is 340 g/mol. The van der Waals surface area contributed by atoms with Crippen molar-refractivity contribution in [2.45, 2.75) is 13.2 Å². The summed E-state index contributed by atoms with van der Waals surface area (Å²) >= 11 is 0. The van der Waals surface area contributed by atoms with Crippen molar-refractivity contribution in [2.24, 2.45) is 0 Å². The average molecular weight is 355 g/mol. The number of anilines is 1. The Morgan fingerprint density at radius 1 is 1.00 bits per heavy atom. The Morgan fingerprint density at radius 3 is 2.58 bits per heavy atom. The second kappa shape index (κ2) is 6.59. The van der Waals surface area contributed by atoms with Crippen LogP contribution in [0.5, 0.6) is 5.75 Å². The van der Waals surface area contributed by atoms with Gasteiger partial charge in [0.25, 0.3) is 5.91 Å². The van der Waals surface area contributed by atoms with Crippen LogP contribution in [0.25, 0.3) is 0 Å². The Bertz CT molecular complexity index is 957. The molecule has 0 saturated heterocycles. The van der Waals surface area contributed by atoms with Gasteiger partial charge < -0.3 is 9.64 Å². The molecule has 2 heterocycles. The molecule has 5 nitrogen and oxygen atoms in total. The molecule has 3 aromatic rings. The van der Waals surface area contributed by atoms with E-state index >= 15 is 0 Å². The average Bonchev–Trinajstić information content (AvgIpc) is 3.08. The number of carbonyl (C=O) groups excluding carboxylic acids is 1. The van der Waals surface area contributed by atoms with Gasteiger partial charge in [-0.1, -0.05) is 18.2 Å². The molecule has 1 aromatic heterocycles. The van der Waals surface area contributed by atoms with Gasteiger partial charge >= 0.3 is 0 Å². The standard InChI is InChI=1S/C19H15F2N3O2/c20-16-7-6-14(11-17(16)21)23-8-9-24-18(19(23)25)10-13(22-24)12-26-15-4-2-1-3-5-15/h1-7,10-11H,8-9,12H2. The van der Waals surface area contributed by atoms with Crippen LogP contribution < -0.4 is 9.64 Å².